The van der Waals surface area contributed by atoms with Crippen molar-refractivity contribution in [1.29, 1.82) is 0 Å². The Balaban J connectivity index is 1.70. The summed E-state index contributed by atoms with van der Waals surface area (Å²) in [6.45, 7) is 4.77. The highest BCUT2D eigenvalue weighted by atomic mass is 35.5. The molecule has 2 atom stereocenters. The van der Waals surface area contributed by atoms with Gasteiger partial charge in [-0.05, 0) is 50.6 Å². The van der Waals surface area contributed by atoms with Crippen molar-refractivity contribution in [2.45, 2.75) is 39.5 Å². The number of rotatable bonds is 7. The van der Waals surface area contributed by atoms with E-state index in [1.807, 2.05) is 6.07 Å². The maximum absolute atomic E-state index is 14.2. The van der Waals surface area contributed by atoms with Crippen LogP contribution in [-0.4, -0.2) is 31.9 Å². The molecular weight excluding hydrogens is 478 g/mol. The number of amides is 1. The second-order valence-corrected chi connectivity index (χ2v) is 8.60. The van der Waals surface area contributed by atoms with Crippen molar-refractivity contribution in [2.24, 2.45) is 0 Å². The third kappa shape index (κ3) is 5.26. The fourth-order valence-corrected chi connectivity index (χ4v) is 4.06. The Bertz CT molecular complexity index is 1410. The van der Waals surface area contributed by atoms with Crippen molar-refractivity contribution in [3.8, 4) is 11.4 Å². The van der Waals surface area contributed by atoms with Crippen LogP contribution in [0.1, 0.15) is 36.7 Å². The summed E-state index contributed by atoms with van der Waals surface area (Å²) in [6.07, 6.45) is 1.18. The number of carbonyl (C=O) groups is 1. The van der Waals surface area contributed by atoms with Gasteiger partial charge in [-0.1, -0.05) is 23.7 Å². The average molecular weight is 501 g/mol. The van der Waals surface area contributed by atoms with Gasteiger partial charge in [-0.2, -0.15) is 5.10 Å². The number of hydrogen-bond donors (Lipinski definition) is 2. The van der Waals surface area contributed by atoms with Gasteiger partial charge in [0.1, 0.15) is 29.8 Å². The van der Waals surface area contributed by atoms with Gasteiger partial charge in [0, 0.05) is 16.6 Å². The van der Waals surface area contributed by atoms with E-state index in [4.69, 9.17) is 16.3 Å². The third-order valence-corrected chi connectivity index (χ3v) is 5.82. The van der Waals surface area contributed by atoms with E-state index in [9.17, 15) is 18.7 Å². The lowest BCUT2D eigenvalue weighted by Crippen LogP contribution is -2.34. The number of aliphatic hydroxyl groups excluding tert-OH is 1. The van der Waals surface area contributed by atoms with Crippen LogP contribution in [0.5, 0.6) is 5.75 Å². The van der Waals surface area contributed by atoms with Crippen molar-refractivity contribution in [2.75, 3.05) is 0 Å². The van der Waals surface area contributed by atoms with Crippen LogP contribution < -0.4 is 10.1 Å². The summed E-state index contributed by atoms with van der Waals surface area (Å²) >= 11 is 6.35. The molecule has 7 nitrogen and oxygen atoms in total. The first-order chi connectivity index (χ1) is 16.6. The molecular formula is C25H23ClF2N4O3. The van der Waals surface area contributed by atoms with Gasteiger partial charge >= 0.3 is 0 Å². The van der Waals surface area contributed by atoms with E-state index in [1.54, 1.807) is 32.0 Å². The number of para-hydroxylation sites is 1. The highest BCUT2D eigenvalue weighted by Crippen LogP contribution is 2.32. The van der Waals surface area contributed by atoms with Crippen molar-refractivity contribution in [1.82, 2.24) is 20.1 Å². The number of fused-ring (bicyclic) bond motifs is 1. The van der Waals surface area contributed by atoms with Crippen LogP contribution >= 0.6 is 11.6 Å². The number of nitrogens with zero attached hydrogens (tertiary/aromatic N) is 3. The zero-order valence-electron chi connectivity index (χ0n) is 19.2. The molecule has 2 aromatic carbocycles. The van der Waals surface area contributed by atoms with E-state index >= 15 is 0 Å². The highest BCUT2D eigenvalue weighted by molar-refractivity contribution is 6.31. The van der Waals surface area contributed by atoms with Crippen LogP contribution in [0.2, 0.25) is 5.02 Å². The minimum absolute atomic E-state index is 0.0379. The minimum atomic E-state index is -1.22. The molecule has 0 radical (unpaired) electrons. The number of pyridine rings is 1. The normalized spacial score (nSPS) is 13.0. The van der Waals surface area contributed by atoms with Crippen LogP contribution in [-0.2, 0) is 11.4 Å². The van der Waals surface area contributed by atoms with E-state index in [2.05, 4.69) is 15.4 Å². The molecule has 0 fully saturated rings. The van der Waals surface area contributed by atoms with Crippen molar-refractivity contribution >= 4 is 28.4 Å². The monoisotopic (exact) mass is 500 g/mol. The SMILES string of the molecule is Cc1cc(-n2cc(F)cn2)c2cccc(OCc3c(Cl)cc(F)cc3[C@H](C)NC(=O)C(C)O)c2n1. The molecule has 1 amide bonds. The van der Waals surface area contributed by atoms with Gasteiger partial charge in [0.05, 0.1) is 29.1 Å². The molecule has 10 heteroatoms. The lowest BCUT2D eigenvalue weighted by molar-refractivity contribution is -0.129. The predicted molar refractivity (Wildman–Crippen MR) is 128 cm³/mol. The first-order valence-electron chi connectivity index (χ1n) is 10.8. The molecule has 0 aliphatic rings. The molecule has 182 valence electrons. The summed E-state index contributed by atoms with van der Waals surface area (Å²) in [6, 6.07) is 8.93. The van der Waals surface area contributed by atoms with Crippen molar-refractivity contribution in [3.63, 3.8) is 0 Å². The molecule has 35 heavy (non-hydrogen) atoms. The van der Waals surface area contributed by atoms with Crippen LogP contribution in [0, 0.1) is 18.6 Å². The van der Waals surface area contributed by atoms with E-state index in [0.29, 0.717) is 39.2 Å². The van der Waals surface area contributed by atoms with E-state index < -0.39 is 29.7 Å². The number of carbonyl (C=O) groups excluding carboxylic acids is 1. The highest BCUT2D eigenvalue weighted by Gasteiger charge is 2.20. The van der Waals surface area contributed by atoms with Crippen LogP contribution in [0.3, 0.4) is 0 Å². The van der Waals surface area contributed by atoms with Gasteiger partial charge in [-0.3, -0.25) is 4.79 Å². The number of halogens is 3. The van der Waals surface area contributed by atoms with Crippen LogP contribution in [0.15, 0.2) is 48.8 Å². The largest absolute Gasteiger partial charge is 0.487 e. The molecule has 0 aliphatic heterocycles. The summed E-state index contributed by atoms with van der Waals surface area (Å²) in [5, 5.41) is 17.0. The number of aryl methyl sites for hydroxylation is 1. The Morgan fingerprint density at radius 1 is 1.23 bits per heavy atom. The van der Waals surface area contributed by atoms with E-state index in [1.165, 1.54) is 29.9 Å². The van der Waals surface area contributed by atoms with Crippen molar-refractivity contribution in [3.05, 3.63) is 82.3 Å². The molecule has 0 bridgehead atoms. The second kappa shape index (κ2) is 9.97. The van der Waals surface area contributed by atoms with Gasteiger partial charge in [0.25, 0.3) is 0 Å². The molecule has 2 heterocycles. The number of nitrogens with one attached hydrogen (secondary N) is 1. The van der Waals surface area contributed by atoms with E-state index in [0.717, 1.165) is 6.20 Å². The number of ether oxygens (including phenoxy) is 1. The number of hydrogen-bond acceptors (Lipinski definition) is 5. The molecule has 4 aromatic rings. The molecule has 0 spiro atoms. The fourth-order valence-electron chi connectivity index (χ4n) is 3.79. The van der Waals surface area contributed by atoms with Crippen molar-refractivity contribution < 1.29 is 23.4 Å². The molecule has 2 N–H and O–H groups in total. The Kier molecular flexibility index (Phi) is 7.00. The van der Waals surface area contributed by atoms with E-state index in [-0.39, 0.29) is 11.6 Å². The fraction of sp³-hybridized carbons (Fsp3) is 0.240. The molecule has 0 saturated carbocycles. The maximum atomic E-state index is 14.2. The first kappa shape index (κ1) is 24.6. The lowest BCUT2D eigenvalue weighted by atomic mass is 10.0. The molecule has 2 aromatic heterocycles. The topological polar surface area (TPSA) is 89.3 Å². The summed E-state index contributed by atoms with van der Waals surface area (Å²) in [4.78, 5) is 16.6. The summed E-state index contributed by atoms with van der Waals surface area (Å²) < 4.78 is 35.3. The molecule has 4 rings (SSSR count). The molecule has 0 saturated heterocycles. The third-order valence-electron chi connectivity index (χ3n) is 5.48. The smallest absolute Gasteiger partial charge is 0.249 e. The van der Waals surface area contributed by atoms with Crippen LogP contribution in [0.4, 0.5) is 8.78 Å². The van der Waals surface area contributed by atoms with Gasteiger partial charge in [0.2, 0.25) is 5.91 Å². The second-order valence-electron chi connectivity index (χ2n) is 8.19. The number of aromatic nitrogens is 3. The zero-order chi connectivity index (χ0) is 25.3. The minimum Gasteiger partial charge on any atom is -0.487 e. The standard InChI is InChI=1S/C25H23ClF2N4O3/c1-13-7-22(32-11-17(28)10-29-32)18-5-4-6-23(24(18)30-13)35-12-20-19(8-16(27)9-21(20)26)14(2)31-25(34)15(3)33/h4-11,14-15,33H,12H2,1-3H3,(H,31,34)/t14-,15?/m0/s1. The van der Waals surface area contributed by atoms with Crippen LogP contribution in [0.25, 0.3) is 16.6 Å². The Morgan fingerprint density at radius 2 is 2.00 bits per heavy atom. The number of benzene rings is 2. The van der Waals surface area contributed by atoms with Gasteiger partial charge in [-0.15, -0.1) is 0 Å². The maximum Gasteiger partial charge on any atom is 0.249 e. The predicted octanol–water partition coefficient (Wildman–Crippen LogP) is 4.80. The van der Waals surface area contributed by atoms with Gasteiger partial charge in [0.15, 0.2) is 5.82 Å². The summed E-state index contributed by atoms with van der Waals surface area (Å²) in [7, 11) is 0. The lowest BCUT2D eigenvalue weighted by Gasteiger charge is -2.21. The molecule has 0 aliphatic carbocycles. The quantitative estimate of drug-likeness (QED) is 0.380. The van der Waals surface area contributed by atoms with Gasteiger partial charge in [-0.25, -0.2) is 18.4 Å². The Labute approximate surface area is 205 Å². The zero-order valence-corrected chi connectivity index (χ0v) is 20.0. The Hall–Kier alpha value is -3.56. The summed E-state index contributed by atoms with van der Waals surface area (Å²) in [5.41, 5.74) is 2.74. The average Bonchev–Trinajstić information content (AvgIpc) is 3.23. The van der Waals surface area contributed by atoms with Gasteiger partial charge < -0.3 is 15.2 Å². The summed E-state index contributed by atoms with van der Waals surface area (Å²) in [5.74, 6) is -1.19. The first-order valence-corrected chi connectivity index (χ1v) is 11.2. The number of aliphatic hydroxyl groups is 1. The molecule has 1 unspecified atom stereocenters. The Morgan fingerprint density at radius 3 is 2.69 bits per heavy atom.